The summed E-state index contributed by atoms with van der Waals surface area (Å²) in [7, 11) is 0. The van der Waals surface area contributed by atoms with Crippen molar-refractivity contribution in [2.45, 2.75) is 11.3 Å². The SMILES string of the molecule is C=CCSc1cc(CCN)ccc1O. The molecule has 14 heavy (non-hydrogen) atoms. The van der Waals surface area contributed by atoms with E-state index in [9.17, 15) is 5.11 Å². The number of aromatic hydroxyl groups is 1. The van der Waals surface area contributed by atoms with Crippen LogP contribution in [0.1, 0.15) is 5.56 Å². The molecule has 0 bridgehead atoms. The molecular weight excluding hydrogens is 194 g/mol. The minimum Gasteiger partial charge on any atom is -0.507 e. The molecule has 0 fully saturated rings. The van der Waals surface area contributed by atoms with Gasteiger partial charge in [-0.25, -0.2) is 0 Å². The number of phenolic OH excluding ortho intramolecular Hbond substituents is 1. The summed E-state index contributed by atoms with van der Waals surface area (Å²) in [5, 5.41) is 9.54. The highest BCUT2D eigenvalue weighted by molar-refractivity contribution is 7.99. The van der Waals surface area contributed by atoms with Crippen LogP contribution in [0, 0.1) is 0 Å². The van der Waals surface area contributed by atoms with Gasteiger partial charge in [-0.1, -0.05) is 12.1 Å². The Balaban J connectivity index is 2.78. The van der Waals surface area contributed by atoms with Crippen LogP contribution >= 0.6 is 11.8 Å². The zero-order valence-electron chi connectivity index (χ0n) is 8.07. The summed E-state index contributed by atoms with van der Waals surface area (Å²) in [6.45, 7) is 4.28. The first-order valence-electron chi connectivity index (χ1n) is 4.53. The third-order valence-corrected chi connectivity index (χ3v) is 2.85. The molecule has 0 saturated carbocycles. The maximum atomic E-state index is 9.54. The highest BCUT2D eigenvalue weighted by Crippen LogP contribution is 2.29. The molecule has 1 aromatic rings. The van der Waals surface area contributed by atoms with Crippen molar-refractivity contribution >= 4 is 11.8 Å². The molecule has 0 radical (unpaired) electrons. The van der Waals surface area contributed by atoms with Gasteiger partial charge in [0.25, 0.3) is 0 Å². The van der Waals surface area contributed by atoms with Crippen LogP contribution in [0.4, 0.5) is 0 Å². The van der Waals surface area contributed by atoms with Gasteiger partial charge in [-0.2, -0.15) is 0 Å². The van der Waals surface area contributed by atoms with Crippen molar-refractivity contribution in [1.82, 2.24) is 0 Å². The summed E-state index contributed by atoms with van der Waals surface area (Å²) in [5.74, 6) is 1.14. The summed E-state index contributed by atoms with van der Waals surface area (Å²) in [5.41, 5.74) is 6.63. The Morgan fingerprint density at radius 2 is 2.29 bits per heavy atom. The molecule has 0 saturated heterocycles. The quantitative estimate of drug-likeness (QED) is 0.577. The number of hydrogen-bond acceptors (Lipinski definition) is 3. The molecule has 3 N–H and O–H groups in total. The lowest BCUT2D eigenvalue weighted by molar-refractivity contribution is 0.462. The van der Waals surface area contributed by atoms with Gasteiger partial charge in [-0.15, -0.1) is 18.3 Å². The first kappa shape index (κ1) is 11.1. The lowest BCUT2D eigenvalue weighted by Gasteiger charge is -2.05. The molecule has 0 spiro atoms. The maximum absolute atomic E-state index is 9.54. The second-order valence-corrected chi connectivity index (χ2v) is 4.00. The van der Waals surface area contributed by atoms with Gasteiger partial charge in [0.15, 0.2) is 0 Å². The average molecular weight is 209 g/mol. The van der Waals surface area contributed by atoms with E-state index in [4.69, 9.17) is 5.73 Å². The molecule has 1 rings (SSSR count). The maximum Gasteiger partial charge on any atom is 0.129 e. The Morgan fingerprint density at radius 1 is 1.50 bits per heavy atom. The summed E-state index contributed by atoms with van der Waals surface area (Å²) < 4.78 is 0. The summed E-state index contributed by atoms with van der Waals surface area (Å²) >= 11 is 1.58. The van der Waals surface area contributed by atoms with E-state index in [1.807, 2.05) is 18.2 Å². The number of rotatable bonds is 5. The minimum absolute atomic E-state index is 0.331. The number of phenols is 1. The molecule has 0 heterocycles. The Bertz CT molecular complexity index is 312. The van der Waals surface area contributed by atoms with Crippen molar-refractivity contribution in [3.63, 3.8) is 0 Å². The topological polar surface area (TPSA) is 46.2 Å². The van der Waals surface area contributed by atoms with E-state index in [0.717, 1.165) is 22.6 Å². The molecule has 0 aliphatic carbocycles. The highest BCUT2D eigenvalue weighted by Gasteiger charge is 2.02. The fourth-order valence-corrected chi connectivity index (χ4v) is 1.89. The van der Waals surface area contributed by atoms with Crippen LogP contribution in [0.5, 0.6) is 5.75 Å². The molecule has 0 aliphatic heterocycles. The fourth-order valence-electron chi connectivity index (χ4n) is 1.15. The molecule has 76 valence electrons. The first-order chi connectivity index (χ1) is 6.77. The van der Waals surface area contributed by atoms with Crippen molar-refractivity contribution in [3.8, 4) is 5.75 Å². The van der Waals surface area contributed by atoms with Crippen molar-refractivity contribution in [2.24, 2.45) is 5.73 Å². The van der Waals surface area contributed by atoms with Crippen LogP contribution in [0.2, 0.25) is 0 Å². The lowest BCUT2D eigenvalue weighted by atomic mass is 10.1. The zero-order chi connectivity index (χ0) is 10.4. The summed E-state index contributed by atoms with van der Waals surface area (Å²) in [4.78, 5) is 0.899. The lowest BCUT2D eigenvalue weighted by Crippen LogP contribution is -2.02. The van der Waals surface area contributed by atoms with Crippen molar-refractivity contribution in [1.29, 1.82) is 0 Å². The molecule has 0 aliphatic rings. The van der Waals surface area contributed by atoms with Crippen molar-refractivity contribution in [2.75, 3.05) is 12.3 Å². The van der Waals surface area contributed by atoms with Gasteiger partial charge in [0.1, 0.15) is 5.75 Å². The molecular formula is C11H15NOS. The normalized spacial score (nSPS) is 10.1. The molecule has 3 heteroatoms. The Kier molecular flexibility index (Phi) is 4.56. The number of benzene rings is 1. The predicted octanol–water partition coefficient (Wildman–Crippen LogP) is 2.17. The van der Waals surface area contributed by atoms with Crippen LogP contribution in [-0.4, -0.2) is 17.4 Å². The Labute approximate surface area is 88.8 Å². The fraction of sp³-hybridized carbons (Fsp3) is 0.273. The summed E-state index contributed by atoms with van der Waals surface area (Å²) in [6, 6.07) is 5.60. The Hall–Kier alpha value is -0.930. The van der Waals surface area contributed by atoms with Gasteiger partial charge < -0.3 is 10.8 Å². The van der Waals surface area contributed by atoms with Gasteiger partial charge in [-0.05, 0) is 30.7 Å². The van der Waals surface area contributed by atoms with Crippen molar-refractivity contribution in [3.05, 3.63) is 36.4 Å². The molecule has 0 atom stereocenters. The molecule has 2 nitrogen and oxygen atoms in total. The van der Waals surface area contributed by atoms with Crippen LogP contribution in [0.3, 0.4) is 0 Å². The third kappa shape index (κ3) is 3.09. The number of hydrogen-bond donors (Lipinski definition) is 2. The largest absolute Gasteiger partial charge is 0.507 e. The van der Waals surface area contributed by atoms with Crippen molar-refractivity contribution < 1.29 is 5.11 Å². The second kappa shape index (κ2) is 5.73. The smallest absolute Gasteiger partial charge is 0.129 e. The van der Waals surface area contributed by atoms with E-state index in [2.05, 4.69) is 6.58 Å². The van der Waals surface area contributed by atoms with Gasteiger partial charge >= 0.3 is 0 Å². The highest BCUT2D eigenvalue weighted by atomic mass is 32.2. The number of nitrogens with two attached hydrogens (primary N) is 1. The van der Waals surface area contributed by atoms with Crippen LogP contribution in [0.15, 0.2) is 35.7 Å². The van der Waals surface area contributed by atoms with Crippen LogP contribution < -0.4 is 5.73 Å². The van der Waals surface area contributed by atoms with E-state index < -0.39 is 0 Å². The van der Waals surface area contributed by atoms with E-state index in [1.54, 1.807) is 17.8 Å². The molecule has 0 unspecified atom stereocenters. The van der Waals surface area contributed by atoms with E-state index in [1.165, 1.54) is 0 Å². The Morgan fingerprint density at radius 3 is 2.93 bits per heavy atom. The summed E-state index contributed by atoms with van der Waals surface area (Å²) in [6.07, 6.45) is 2.67. The zero-order valence-corrected chi connectivity index (χ0v) is 8.89. The van der Waals surface area contributed by atoms with Gasteiger partial charge in [0.2, 0.25) is 0 Å². The van der Waals surface area contributed by atoms with E-state index >= 15 is 0 Å². The van der Waals surface area contributed by atoms with Gasteiger partial charge in [-0.3, -0.25) is 0 Å². The molecule has 0 amide bonds. The number of thioether (sulfide) groups is 1. The minimum atomic E-state index is 0.331. The molecule has 1 aromatic carbocycles. The standard InChI is InChI=1S/C11H15NOS/c1-2-7-14-11-8-9(5-6-12)3-4-10(11)13/h2-4,8,13H,1,5-7,12H2. The van der Waals surface area contributed by atoms with Crippen LogP contribution in [0.25, 0.3) is 0 Å². The van der Waals surface area contributed by atoms with E-state index in [-0.39, 0.29) is 0 Å². The predicted molar refractivity (Wildman–Crippen MR) is 61.8 cm³/mol. The second-order valence-electron chi connectivity index (χ2n) is 2.94. The first-order valence-corrected chi connectivity index (χ1v) is 5.52. The molecule has 0 aromatic heterocycles. The average Bonchev–Trinajstić information content (AvgIpc) is 2.19. The van der Waals surface area contributed by atoms with Gasteiger partial charge in [0, 0.05) is 10.6 Å². The third-order valence-electron chi connectivity index (χ3n) is 1.81. The monoisotopic (exact) mass is 209 g/mol. The van der Waals surface area contributed by atoms with E-state index in [0.29, 0.717) is 12.3 Å². The van der Waals surface area contributed by atoms with Crippen LogP contribution in [-0.2, 0) is 6.42 Å². The van der Waals surface area contributed by atoms with Gasteiger partial charge in [0.05, 0.1) is 0 Å².